The van der Waals surface area contributed by atoms with E-state index in [1.54, 1.807) is 0 Å². The van der Waals surface area contributed by atoms with Gasteiger partial charge in [0, 0.05) is 12.8 Å². The molecule has 0 spiro atoms. The minimum Gasteiger partial charge on any atom is -0.328 e. The molecule has 0 fully saturated rings. The summed E-state index contributed by atoms with van der Waals surface area (Å²) in [6, 6.07) is 10.2. The van der Waals surface area contributed by atoms with Gasteiger partial charge in [-0.15, -0.1) is 0 Å². The smallest absolute Gasteiger partial charge is 0.0593 e. The van der Waals surface area contributed by atoms with Gasteiger partial charge < -0.3 is 5.73 Å². The van der Waals surface area contributed by atoms with Crippen LogP contribution in [-0.4, -0.2) is 18.8 Å². The highest BCUT2D eigenvalue weighted by atomic mass is 14.8. The van der Waals surface area contributed by atoms with Crippen molar-refractivity contribution in [2.75, 3.05) is 6.54 Å². The number of hydrogen-bond acceptors (Lipinski definition) is 2. The second kappa shape index (κ2) is 4.67. The molecule has 0 amide bonds. The third kappa shape index (κ3) is 2.84. The van der Waals surface area contributed by atoms with E-state index in [0.717, 1.165) is 5.56 Å². The first-order chi connectivity index (χ1) is 5.83. The van der Waals surface area contributed by atoms with Crippen LogP contribution in [0.15, 0.2) is 35.3 Å². The van der Waals surface area contributed by atoms with Gasteiger partial charge in [0.1, 0.15) is 0 Å². The minimum absolute atomic E-state index is 0.213. The average Bonchev–Trinajstić information content (AvgIpc) is 2.16. The zero-order valence-electron chi connectivity index (χ0n) is 7.27. The Labute approximate surface area is 73.1 Å². The summed E-state index contributed by atoms with van der Waals surface area (Å²) in [6.07, 6.45) is 1.86. The largest absolute Gasteiger partial charge is 0.328 e. The predicted molar refractivity (Wildman–Crippen MR) is 52.6 cm³/mol. The molecule has 0 saturated carbocycles. The Hall–Kier alpha value is -1.15. The Balaban J connectivity index is 2.58. The predicted octanol–water partition coefficient (Wildman–Crippen LogP) is 1.45. The first kappa shape index (κ1) is 8.94. The van der Waals surface area contributed by atoms with E-state index in [9.17, 15) is 0 Å². The fraction of sp³-hybridized carbons (Fsp3) is 0.300. The lowest BCUT2D eigenvalue weighted by Gasteiger charge is -1.99. The van der Waals surface area contributed by atoms with E-state index in [-0.39, 0.29) is 6.04 Å². The van der Waals surface area contributed by atoms with Gasteiger partial charge >= 0.3 is 0 Å². The molecular weight excluding hydrogens is 148 g/mol. The molecule has 0 aliphatic rings. The molecular formula is C10H14N2. The van der Waals surface area contributed by atoms with Crippen molar-refractivity contribution in [3.8, 4) is 0 Å². The van der Waals surface area contributed by atoms with Crippen molar-refractivity contribution < 1.29 is 0 Å². The van der Waals surface area contributed by atoms with Gasteiger partial charge in [-0.25, -0.2) is 0 Å². The van der Waals surface area contributed by atoms with E-state index in [2.05, 4.69) is 4.99 Å². The van der Waals surface area contributed by atoms with Crippen LogP contribution >= 0.6 is 0 Å². The van der Waals surface area contributed by atoms with E-state index in [1.807, 2.05) is 43.5 Å². The molecule has 0 aliphatic carbocycles. The Morgan fingerprint density at radius 2 is 2.08 bits per heavy atom. The van der Waals surface area contributed by atoms with Crippen molar-refractivity contribution in [1.82, 2.24) is 0 Å². The molecule has 2 heteroatoms. The SMILES string of the molecule is C[C@H](CN)N=Cc1ccccc1. The summed E-state index contributed by atoms with van der Waals surface area (Å²) in [5.41, 5.74) is 6.55. The van der Waals surface area contributed by atoms with Gasteiger partial charge in [0.15, 0.2) is 0 Å². The quantitative estimate of drug-likeness (QED) is 0.671. The summed E-state index contributed by atoms with van der Waals surface area (Å²) in [6.45, 7) is 2.60. The standard InChI is InChI=1S/C10H14N2/c1-9(7-11)12-8-10-5-3-2-4-6-10/h2-6,8-9H,7,11H2,1H3/t9-/m1/s1. The van der Waals surface area contributed by atoms with Crippen LogP contribution in [0.1, 0.15) is 12.5 Å². The van der Waals surface area contributed by atoms with Crippen LogP contribution in [0.3, 0.4) is 0 Å². The molecule has 64 valence electrons. The first-order valence-electron chi connectivity index (χ1n) is 4.11. The summed E-state index contributed by atoms with van der Waals surface area (Å²) in [4.78, 5) is 4.26. The lowest BCUT2D eigenvalue weighted by Crippen LogP contribution is -2.13. The first-order valence-corrected chi connectivity index (χ1v) is 4.11. The van der Waals surface area contributed by atoms with Gasteiger partial charge in [0.05, 0.1) is 6.04 Å². The molecule has 0 aliphatic heterocycles. The molecule has 2 nitrogen and oxygen atoms in total. The number of aliphatic imine (C=N–C) groups is 1. The molecule has 0 heterocycles. The van der Waals surface area contributed by atoms with Crippen molar-refractivity contribution in [2.45, 2.75) is 13.0 Å². The highest BCUT2D eigenvalue weighted by Crippen LogP contribution is 1.95. The zero-order valence-corrected chi connectivity index (χ0v) is 7.27. The van der Waals surface area contributed by atoms with Crippen LogP contribution in [0.4, 0.5) is 0 Å². The Morgan fingerprint density at radius 3 is 2.67 bits per heavy atom. The van der Waals surface area contributed by atoms with Gasteiger partial charge in [0.2, 0.25) is 0 Å². The van der Waals surface area contributed by atoms with E-state index in [4.69, 9.17) is 5.73 Å². The van der Waals surface area contributed by atoms with E-state index >= 15 is 0 Å². The fourth-order valence-electron chi connectivity index (χ4n) is 0.813. The van der Waals surface area contributed by atoms with E-state index in [1.165, 1.54) is 0 Å². The molecule has 1 aromatic carbocycles. The molecule has 0 saturated heterocycles. The van der Waals surface area contributed by atoms with Crippen molar-refractivity contribution in [3.63, 3.8) is 0 Å². The molecule has 1 aromatic rings. The molecule has 0 aromatic heterocycles. The maximum Gasteiger partial charge on any atom is 0.0593 e. The Kier molecular flexibility index (Phi) is 3.48. The number of hydrogen-bond donors (Lipinski definition) is 1. The van der Waals surface area contributed by atoms with E-state index < -0.39 is 0 Å². The van der Waals surface area contributed by atoms with Crippen LogP contribution in [0, 0.1) is 0 Å². The third-order valence-corrected chi connectivity index (χ3v) is 1.62. The molecule has 0 bridgehead atoms. The average molecular weight is 162 g/mol. The monoisotopic (exact) mass is 162 g/mol. The number of nitrogens with zero attached hydrogens (tertiary/aromatic N) is 1. The van der Waals surface area contributed by atoms with Gasteiger partial charge in [-0.3, -0.25) is 4.99 Å². The van der Waals surface area contributed by atoms with Crippen LogP contribution in [0.25, 0.3) is 0 Å². The van der Waals surface area contributed by atoms with Gasteiger partial charge in [-0.2, -0.15) is 0 Å². The lowest BCUT2D eigenvalue weighted by atomic mass is 10.2. The van der Waals surface area contributed by atoms with Crippen molar-refractivity contribution >= 4 is 6.21 Å². The highest BCUT2D eigenvalue weighted by Gasteiger charge is 1.91. The second-order valence-electron chi connectivity index (χ2n) is 2.77. The Morgan fingerprint density at radius 1 is 1.42 bits per heavy atom. The van der Waals surface area contributed by atoms with Gasteiger partial charge in [0.25, 0.3) is 0 Å². The third-order valence-electron chi connectivity index (χ3n) is 1.62. The van der Waals surface area contributed by atoms with Crippen molar-refractivity contribution in [3.05, 3.63) is 35.9 Å². The maximum atomic E-state index is 5.42. The normalized spacial score (nSPS) is 13.5. The molecule has 0 radical (unpaired) electrons. The maximum absolute atomic E-state index is 5.42. The van der Waals surface area contributed by atoms with Crippen LogP contribution in [-0.2, 0) is 0 Å². The van der Waals surface area contributed by atoms with Crippen LogP contribution < -0.4 is 5.73 Å². The summed E-state index contributed by atoms with van der Waals surface area (Å²) < 4.78 is 0. The molecule has 0 unspecified atom stereocenters. The zero-order chi connectivity index (χ0) is 8.81. The van der Waals surface area contributed by atoms with Crippen LogP contribution in [0.2, 0.25) is 0 Å². The topological polar surface area (TPSA) is 38.4 Å². The van der Waals surface area contributed by atoms with Crippen molar-refractivity contribution in [2.24, 2.45) is 10.7 Å². The van der Waals surface area contributed by atoms with Crippen molar-refractivity contribution in [1.29, 1.82) is 0 Å². The Bertz CT molecular complexity index is 241. The summed E-state index contributed by atoms with van der Waals surface area (Å²) in [5.74, 6) is 0. The summed E-state index contributed by atoms with van der Waals surface area (Å²) >= 11 is 0. The molecule has 1 atom stereocenters. The minimum atomic E-state index is 0.213. The lowest BCUT2D eigenvalue weighted by molar-refractivity contribution is 0.758. The van der Waals surface area contributed by atoms with Gasteiger partial charge in [-0.05, 0) is 12.5 Å². The summed E-state index contributed by atoms with van der Waals surface area (Å²) in [5, 5.41) is 0. The van der Waals surface area contributed by atoms with Crippen LogP contribution in [0.5, 0.6) is 0 Å². The summed E-state index contributed by atoms with van der Waals surface area (Å²) in [7, 11) is 0. The number of rotatable bonds is 3. The fourth-order valence-corrected chi connectivity index (χ4v) is 0.813. The number of benzene rings is 1. The molecule has 1 rings (SSSR count). The molecule has 12 heavy (non-hydrogen) atoms. The highest BCUT2D eigenvalue weighted by molar-refractivity contribution is 5.79. The second-order valence-corrected chi connectivity index (χ2v) is 2.77. The molecule has 2 N–H and O–H groups in total. The number of nitrogens with two attached hydrogens (primary N) is 1. The van der Waals surface area contributed by atoms with Gasteiger partial charge in [-0.1, -0.05) is 30.3 Å². The van der Waals surface area contributed by atoms with E-state index in [0.29, 0.717) is 6.54 Å².